The Balaban J connectivity index is 1.17. The van der Waals surface area contributed by atoms with E-state index in [0.29, 0.717) is 24.3 Å². The summed E-state index contributed by atoms with van der Waals surface area (Å²) in [5.74, 6) is 2.67. The number of benzene rings is 1. The summed E-state index contributed by atoms with van der Waals surface area (Å²) >= 11 is 0. The number of carbonyl (C=O) groups is 2. The van der Waals surface area contributed by atoms with Crippen molar-refractivity contribution in [3.63, 3.8) is 0 Å². The number of fused-ring (bicyclic) bond motifs is 2. The van der Waals surface area contributed by atoms with E-state index < -0.39 is 16.4 Å². The number of carbonyl (C=O) groups excluding carboxylic acids is 2. The molecule has 8 atom stereocenters. The molecule has 1 saturated heterocycles. The van der Waals surface area contributed by atoms with Gasteiger partial charge in [-0.2, -0.15) is 0 Å². The summed E-state index contributed by atoms with van der Waals surface area (Å²) in [5, 5.41) is 0. The number of hydrogen-bond acceptors (Lipinski definition) is 5. The van der Waals surface area contributed by atoms with Gasteiger partial charge >= 0.3 is 11.9 Å². The molecule has 5 nitrogen and oxygen atoms in total. The van der Waals surface area contributed by atoms with Gasteiger partial charge in [-0.05, 0) is 118 Å². The molecule has 2 heterocycles. The largest absolute Gasteiger partial charge is 0.449 e. The first-order valence-electron chi connectivity index (χ1n) is 19.0. The second-order valence-corrected chi connectivity index (χ2v) is 16.4. The van der Waals surface area contributed by atoms with Crippen LogP contribution < -0.4 is 5.73 Å². The number of esters is 2. The molecule has 248 valence electrons. The lowest BCUT2D eigenvalue weighted by Gasteiger charge is -2.68. The molecule has 2 N–H and O–H groups in total. The number of allylic oxidation sites excluding steroid dienone is 6. The second-order valence-electron chi connectivity index (χ2n) is 16.4. The Morgan fingerprint density at radius 3 is 2.70 bits per heavy atom. The zero-order chi connectivity index (χ0) is 31.9. The first kappa shape index (κ1) is 30.2. The summed E-state index contributed by atoms with van der Waals surface area (Å²) in [5.41, 5.74) is 6.51. The van der Waals surface area contributed by atoms with Gasteiger partial charge in [0, 0.05) is 11.5 Å². The third-order valence-electron chi connectivity index (χ3n) is 14.7. The number of cyclic esters (lactones) is 1. The molecule has 2 aliphatic heterocycles. The van der Waals surface area contributed by atoms with E-state index in [0.717, 1.165) is 79.7 Å². The SMILES string of the molecule is NCCCc1cccc2c1C(=O)O[C@]21[C@@H](CCC2CCCCC2)[C@]23C=CCC[C@@]21C(=C[C@H]1CC[C@H]2CC[C@H]4C=CC=C[C@@]24C1)OC3=O. The van der Waals surface area contributed by atoms with Crippen molar-refractivity contribution < 1.29 is 19.1 Å². The standard InChI is InChI=1S/C42H51NO4/c43-25-9-13-30-12-8-15-33-36(30)37(44)47-42(33)34(21-17-28-10-2-1-3-11-28)40-23-6-7-24-41(40,42)35(46-38(40)45)26-29-16-18-32-20-19-31-14-4-5-22-39(31,32)27-29/h4-6,8,12,14-15,22-23,26,28-29,31-32,34H,1-3,7,9-11,13,16-21,24-25,27,43H2/t29-,31-,32+,34+,39+,40+,41-,42+/m1/s1. The molecule has 1 aromatic carbocycles. The molecule has 6 aliphatic carbocycles. The van der Waals surface area contributed by atoms with Gasteiger partial charge in [-0.1, -0.05) is 86.8 Å². The maximum atomic E-state index is 14.6. The van der Waals surface area contributed by atoms with Crippen molar-refractivity contribution in [2.75, 3.05) is 6.54 Å². The highest BCUT2D eigenvalue weighted by molar-refractivity contribution is 5.99. The summed E-state index contributed by atoms with van der Waals surface area (Å²) in [6.45, 7) is 0.580. The summed E-state index contributed by atoms with van der Waals surface area (Å²) in [7, 11) is 0. The van der Waals surface area contributed by atoms with Crippen LogP contribution in [0.25, 0.3) is 0 Å². The van der Waals surface area contributed by atoms with Crippen LogP contribution in [-0.4, -0.2) is 18.5 Å². The highest BCUT2D eigenvalue weighted by Crippen LogP contribution is 2.84. The van der Waals surface area contributed by atoms with Crippen molar-refractivity contribution in [1.82, 2.24) is 0 Å². The monoisotopic (exact) mass is 633 g/mol. The highest BCUT2D eigenvalue weighted by Gasteiger charge is 2.90. The minimum absolute atomic E-state index is 0.117. The van der Waals surface area contributed by atoms with E-state index in [2.05, 4.69) is 60.7 Å². The number of hydrogen-bond donors (Lipinski definition) is 1. The first-order chi connectivity index (χ1) is 23.0. The zero-order valence-electron chi connectivity index (χ0n) is 27.9. The van der Waals surface area contributed by atoms with Gasteiger partial charge in [-0.25, -0.2) is 4.79 Å². The van der Waals surface area contributed by atoms with Gasteiger partial charge in [-0.3, -0.25) is 4.79 Å². The van der Waals surface area contributed by atoms with E-state index in [4.69, 9.17) is 15.2 Å². The number of ether oxygens (including phenoxy) is 2. The van der Waals surface area contributed by atoms with Crippen molar-refractivity contribution in [1.29, 1.82) is 0 Å². The number of aryl methyl sites for hydroxylation is 1. The predicted molar refractivity (Wildman–Crippen MR) is 182 cm³/mol. The summed E-state index contributed by atoms with van der Waals surface area (Å²) in [4.78, 5) is 28.8. The van der Waals surface area contributed by atoms with Crippen molar-refractivity contribution in [3.8, 4) is 0 Å². The lowest BCUT2D eigenvalue weighted by atomic mass is 9.31. The van der Waals surface area contributed by atoms with Gasteiger partial charge in [0.15, 0.2) is 5.60 Å². The quantitative estimate of drug-likeness (QED) is 0.240. The van der Waals surface area contributed by atoms with Crippen LogP contribution in [-0.2, 0) is 26.3 Å². The second kappa shape index (κ2) is 11.1. The summed E-state index contributed by atoms with van der Waals surface area (Å²) in [6.07, 6.45) is 33.8. The van der Waals surface area contributed by atoms with Crippen molar-refractivity contribution in [2.24, 2.45) is 51.6 Å². The Kier molecular flexibility index (Phi) is 7.09. The molecule has 4 saturated carbocycles. The van der Waals surface area contributed by atoms with E-state index >= 15 is 0 Å². The van der Waals surface area contributed by atoms with Gasteiger partial charge in [-0.15, -0.1) is 0 Å². The zero-order valence-corrected chi connectivity index (χ0v) is 27.9. The molecule has 47 heavy (non-hydrogen) atoms. The van der Waals surface area contributed by atoms with E-state index in [1.165, 1.54) is 51.4 Å². The van der Waals surface area contributed by atoms with Crippen LogP contribution in [0.15, 0.2) is 66.5 Å². The molecule has 0 bridgehead atoms. The number of nitrogens with two attached hydrogens (primary N) is 1. The molecule has 0 aromatic heterocycles. The normalized spacial score (nSPS) is 42.0. The predicted octanol–water partition coefficient (Wildman–Crippen LogP) is 8.64. The fourth-order valence-corrected chi connectivity index (χ4v) is 12.8. The molecule has 0 unspecified atom stereocenters. The molecule has 9 rings (SSSR count). The molecular formula is C42H51NO4. The van der Waals surface area contributed by atoms with Crippen LogP contribution in [0.5, 0.6) is 0 Å². The van der Waals surface area contributed by atoms with Gasteiger partial charge < -0.3 is 15.2 Å². The first-order valence-corrected chi connectivity index (χ1v) is 19.0. The molecule has 2 spiro atoms. The Morgan fingerprint density at radius 1 is 0.957 bits per heavy atom. The third-order valence-corrected chi connectivity index (χ3v) is 14.7. The van der Waals surface area contributed by atoms with Crippen LogP contribution in [0.2, 0.25) is 0 Å². The Morgan fingerprint density at radius 2 is 1.83 bits per heavy atom. The minimum atomic E-state index is -0.894. The lowest BCUT2D eigenvalue weighted by molar-refractivity contribution is -0.271. The third kappa shape index (κ3) is 3.87. The molecule has 5 heteroatoms. The van der Waals surface area contributed by atoms with Crippen molar-refractivity contribution in [2.45, 2.75) is 108 Å². The Bertz CT molecular complexity index is 1600. The van der Waals surface area contributed by atoms with E-state index in [1.807, 2.05) is 0 Å². The van der Waals surface area contributed by atoms with Gasteiger partial charge in [0.25, 0.3) is 0 Å². The maximum Gasteiger partial charge on any atom is 0.339 e. The molecule has 1 aromatic rings. The van der Waals surface area contributed by atoms with Crippen LogP contribution in [0, 0.1) is 45.8 Å². The van der Waals surface area contributed by atoms with Gasteiger partial charge in [0.05, 0.1) is 11.0 Å². The highest BCUT2D eigenvalue weighted by atomic mass is 16.6. The maximum absolute atomic E-state index is 14.6. The van der Waals surface area contributed by atoms with Crippen LogP contribution in [0.1, 0.15) is 118 Å². The smallest absolute Gasteiger partial charge is 0.339 e. The minimum Gasteiger partial charge on any atom is -0.449 e. The van der Waals surface area contributed by atoms with Crippen molar-refractivity contribution in [3.05, 3.63) is 83.2 Å². The molecular weight excluding hydrogens is 582 g/mol. The van der Waals surface area contributed by atoms with E-state index in [9.17, 15) is 9.59 Å². The Hall–Kier alpha value is -2.92. The Labute approximate surface area is 280 Å². The fourth-order valence-electron chi connectivity index (χ4n) is 12.8. The molecule has 5 fully saturated rings. The van der Waals surface area contributed by atoms with Gasteiger partial charge in [0.2, 0.25) is 0 Å². The average molecular weight is 634 g/mol. The number of rotatable bonds is 7. The van der Waals surface area contributed by atoms with E-state index in [1.54, 1.807) is 0 Å². The van der Waals surface area contributed by atoms with E-state index in [-0.39, 0.29) is 23.3 Å². The fraction of sp³-hybridized carbons (Fsp3) is 0.619. The lowest BCUT2D eigenvalue weighted by Crippen LogP contribution is -2.75. The van der Waals surface area contributed by atoms with Crippen LogP contribution in [0.3, 0.4) is 0 Å². The van der Waals surface area contributed by atoms with Crippen molar-refractivity contribution >= 4 is 11.9 Å². The molecule has 0 radical (unpaired) electrons. The van der Waals surface area contributed by atoms with Crippen LogP contribution >= 0.6 is 0 Å². The molecule has 0 amide bonds. The molecule has 8 aliphatic rings. The summed E-state index contributed by atoms with van der Waals surface area (Å²) < 4.78 is 13.5. The van der Waals surface area contributed by atoms with Crippen LogP contribution in [0.4, 0.5) is 0 Å². The topological polar surface area (TPSA) is 78.6 Å². The van der Waals surface area contributed by atoms with Gasteiger partial charge in [0.1, 0.15) is 11.2 Å². The summed E-state index contributed by atoms with van der Waals surface area (Å²) in [6, 6.07) is 6.32. The average Bonchev–Trinajstić information content (AvgIpc) is 3.71.